The molecule has 0 bridgehead atoms. The molecule has 0 aliphatic heterocycles. The van der Waals surface area contributed by atoms with Gasteiger partial charge in [0, 0.05) is 60.8 Å². The van der Waals surface area contributed by atoms with Crippen molar-refractivity contribution in [2.75, 3.05) is 0 Å². The average molecular weight is 842 g/mol. The third-order valence-electron chi connectivity index (χ3n) is 8.60. The van der Waals surface area contributed by atoms with Gasteiger partial charge in [-0.3, -0.25) is 0 Å². The van der Waals surface area contributed by atoms with Gasteiger partial charge >= 0.3 is 6.18 Å². The van der Waals surface area contributed by atoms with Crippen LogP contribution in [0.15, 0.2) is 130 Å². The van der Waals surface area contributed by atoms with Crippen LogP contribution in [0.3, 0.4) is 0 Å². The largest absolute Gasteiger partial charge is 0.500 e. The summed E-state index contributed by atoms with van der Waals surface area (Å²) in [5, 5.41) is 4.70. The third-order valence-corrected chi connectivity index (χ3v) is 8.60. The van der Waals surface area contributed by atoms with E-state index in [4.69, 9.17) is 10.2 Å². The smallest absolute Gasteiger partial charge is 0.416 e. The number of hydrogen-bond donors (Lipinski definition) is 0. The molecule has 50 heavy (non-hydrogen) atoms. The Morgan fingerprint density at radius 3 is 1.96 bits per heavy atom. The van der Waals surface area contributed by atoms with Gasteiger partial charge in [-0.2, -0.15) is 13.2 Å². The summed E-state index contributed by atoms with van der Waals surface area (Å²) in [6.07, 6.45) is -0.973. The van der Waals surface area contributed by atoms with Crippen LogP contribution in [0.4, 0.5) is 13.2 Å². The molecule has 0 atom stereocenters. The Morgan fingerprint density at radius 1 is 0.640 bits per heavy atom. The minimum Gasteiger partial charge on any atom is -0.500 e. The normalized spacial score (nSPS) is 12.2. The number of alkyl halides is 3. The van der Waals surface area contributed by atoms with E-state index < -0.39 is 17.6 Å². The first kappa shape index (κ1) is 31.9. The Kier molecular flexibility index (Phi) is 8.43. The number of halogens is 3. The number of aromatic nitrogens is 2. The Hall–Kier alpha value is -5.30. The maximum Gasteiger partial charge on any atom is 0.416 e. The summed E-state index contributed by atoms with van der Waals surface area (Å²) >= 11 is 0. The van der Waals surface area contributed by atoms with Gasteiger partial charge in [0.1, 0.15) is 16.7 Å². The molecule has 0 unspecified atom stereocenters. The zero-order valence-electron chi connectivity index (χ0n) is 27.7. The van der Waals surface area contributed by atoms with Crippen LogP contribution >= 0.6 is 0 Å². The Balaban J connectivity index is 0.000000265. The maximum atomic E-state index is 13.3. The topological polar surface area (TPSA) is 52.1 Å². The van der Waals surface area contributed by atoms with Gasteiger partial charge in [0.2, 0.25) is 0 Å². The first-order valence-electron chi connectivity index (χ1n) is 16.1. The predicted molar refractivity (Wildman–Crippen MR) is 188 cm³/mol. The predicted octanol–water partition coefficient (Wildman–Crippen LogP) is 12.2. The third kappa shape index (κ3) is 5.95. The van der Waals surface area contributed by atoms with E-state index in [0.717, 1.165) is 55.9 Å². The summed E-state index contributed by atoms with van der Waals surface area (Å²) in [5.74, 6) is -0.783. The van der Waals surface area contributed by atoms with Crippen molar-refractivity contribution in [1.82, 2.24) is 9.97 Å². The van der Waals surface area contributed by atoms with Crippen LogP contribution < -0.4 is 0 Å². The second-order valence-corrected chi connectivity index (χ2v) is 11.9. The van der Waals surface area contributed by atoms with Crippen molar-refractivity contribution >= 4 is 54.6 Å². The SMILES string of the molecule is [2H]C(C)(C)c1ccnc(-c2[c-]ccc3c2oc2c3ccc3c2ccc2c4ccc(C(F)(F)F)cc4oc23)c1.[Ir].[c-]1ccccc1-c1ccccn1. The summed E-state index contributed by atoms with van der Waals surface area (Å²) in [7, 11) is 0. The van der Waals surface area contributed by atoms with Gasteiger partial charge in [-0.05, 0) is 65.8 Å². The van der Waals surface area contributed by atoms with Crippen LogP contribution in [0.25, 0.3) is 77.2 Å². The fourth-order valence-corrected chi connectivity index (χ4v) is 6.16. The fraction of sp³-hybridized carbons (Fsp3) is 0.0952. The molecule has 0 spiro atoms. The number of nitrogens with zero attached hydrogens (tertiary/aromatic N) is 2. The Bertz CT molecular complexity index is 2650. The fourth-order valence-electron chi connectivity index (χ4n) is 6.16. The number of fused-ring (bicyclic) bond motifs is 9. The molecule has 4 heterocycles. The molecule has 0 amide bonds. The van der Waals surface area contributed by atoms with Crippen molar-refractivity contribution in [3.8, 4) is 22.5 Å². The van der Waals surface area contributed by atoms with Gasteiger partial charge in [0.15, 0.2) is 0 Å². The van der Waals surface area contributed by atoms with Gasteiger partial charge in [-0.25, -0.2) is 0 Å². The van der Waals surface area contributed by atoms with Crippen LogP contribution in [0.1, 0.15) is 32.2 Å². The molecule has 5 aromatic carbocycles. The zero-order valence-corrected chi connectivity index (χ0v) is 29.1. The van der Waals surface area contributed by atoms with Gasteiger partial charge in [-0.15, -0.1) is 54.1 Å². The van der Waals surface area contributed by atoms with E-state index in [0.29, 0.717) is 33.4 Å². The number of pyridine rings is 2. The molecular formula is C42H27F3IrN2O2-2. The number of benzene rings is 5. The zero-order chi connectivity index (χ0) is 34.6. The van der Waals surface area contributed by atoms with Gasteiger partial charge in [-0.1, -0.05) is 54.6 Å². The number of furan rings is 2. The maximum absolute atomic E-state index is 13.3. The van der Waals surface area contributed by atoms with Crippen molar-refractivity contribution in [3.05, 3.63) is 145 Å². The molecule has 1 radical (unpaired) electrons. The minimum absolute atomic E-state index is 0. The van der Waals surface area contributed by atoms with E-state index >= 15 is 0 Å². The molecule has 9 aromatic rings. The summed E-state index contributed by atoms with van der Waals surface area (Å²) in [6, 6.07) is 38.8. The quantitative estimate of drug-likeness (QED) is 0.166. The number of rotatable bonds is 3. The monoisotopic (exact) mass is 842 g/mol. The van der Waals surface area contributed by atoms with E-state index in [2.05, 4.69) is 22.1 Å². The standard InChI is InChI=1S/C31H19F3NO2.C11H8N.Ir/c1-16(2)17-12-13-35-26(14-17)25-5-3-4-20-22-10-11-23-24(29(22)37-30(20)25)9-8-21-19-7-6-18(31(32,33)34)15-27(19)36-28(21)23;1-2-6-10(7-3-1)11-8-4-5-9-12-11;/h3-4,6-16H,1-2H3;1-6,8-9H;/q2*-1;/i16D;;. The van der Waals surface area contributed by atoms with Crippen molar-refractivity contribution in [3.63, 3.8) is 0 Å². The van der Waals surface area contributed by atoms with Crippen molar-refractivity contribution < 1.29 is 43.5 Å². The minimum atomic E-state index is -4.45. The molecule has 9 rings (SSSR count). The van der Waals surface area contributed by atoms with E-state index in [1.165, 1.54) is 6.07 Å². The average Bonchev–Trinajstić information content (AvgIpc) is 3.70. The molecule has 0 fully saturated rings. The van der Waals surface area contributed by atoms with Gasteiger partial charge in [0.05, 0.1) is 11.1 Å². The van der Waals surface area contributed by atoms with E-state index in [-0.39, 0.29) is 25.7 Å². The van der Waals surface area contributed by atoms with E-state index in [1.807, 2.05) is 105 Å². The van der Waals surface area contributed by atoms with Crippen molar-refractivity contribution in [1.29, 1.82) is 0 Å². The molecule has 4 nitrogen and oxygen atoms in total. The van der Waals surface area contributed by atoms with Crippen molar-refractivity contribution in [2.24, 2.45) is 0 Å². The Labute approximate surface area is 300 Å². The van der Waals surface area contributed by atoms with Crippen molar-refractivity contribution in [2.45, 2.75) is 25.9 Å². The van der Waals surface area contributed by atoms with Crippen LogP contribution in [0.2, 0.25) is 0 Å². The molecule has 0 aliphatic rings. The summed E-state index contributed by atoms with van der Waals surface area (Å²) in [5.41, 5.74) is 5.43. The molecule has 0 aliphatic carbocycles. The second-order valence-electron chi connectivity index (χ2n) is 11.9. The van der Waals surface area contributed by atoms with Crippen LogP contribution in [-0.2, 0) is 26.3 Å². The van der Waals surface area contributed by atoms with E-state index in [9.17, 15) is 13.2 Å². The van der Waals surface area contributed by atoms with Crippen LogP contribution in [0, 0.1) is 12.1 Å². The molecular weight excluding hydrogens is 814 g/mol. The second kappa shape index (κ2) is 13.2. The summed E-state index contributed by atoms with van der Waals surface area (Å²) in [6.45, 7) is 3.65. The molecule has 249 valence electrons. The molecule has 0 saturated carbocycles. The molecule has 0 saturated heterocycles. The van der Waals surface area contributed by atoms with Crippen LogP contribution in [-0.4, -0.2) is 9.97 Å². The molecule has 8 heteroatoms. The summed E-state index contributed by atoms with van der Waals surface area (Å²) < 4.78 is 60.6. The van der Waals surface area contributed by atoms with Crippen LogP contribution in [0.5, 0.6) is 0 Å². The van der Waals surface area contributed by atoms with Gasteiger partial charge < -0.3 is 18.8 Å². The molecule has 0 N–H and O–H groups in total. The molecule has 4 aromatic heterocycles. The Morgan fingerprint density at radius 2 is 1.30 bits per heavy atom. The van der Waals surface area contributed by atoms with Gasteiger partial charge in [0.25, 0.3) is 0 Å². The summed E-state index contributed by atoms with van der Waals surface area (Å²) in [4.78, 5) is 8.74. The first-order chi connectivity index (χ1) is 24.1. The number of hydrogen-bond acceptors (Lipinski definition) is 4. The van der Waals surface area contributed by atoms with E-state index in [1.54, 1.807) is 12.4 Å². The first-order valence-corrected chi connectivity index (χ1v) is 15.6.